The van der Waals surface area contributed by atoms with E-state index >= 15 is 0 Å². The second kappa shape index (κ2) is 7.62. The Hall–Kier alpha value is -3.14. The van der Waals surface area contributed by atoms with Crippen LogP contribution in [0.5, 0.6) is 5.75 Å². The van der Waals surface area contributed by atoms with Gasteiger partial charge in [-0.3, -0.25) is 14.9 Å². The molecule has 0 saturated heterocycles. The summed E-state index contributed by atoms with van der Waals surface area (Å²) in [5.41, 5.74) is -0.370. The molecule has 10 heteroatoms. The Labute approximate surface area is 142 Å². The van der Waals surface area contributed by atoms with Gasteiger partial charge in [0.05, 0.1) is 43.9 Å². The molecule has 0 aliphatic carbocycles. The molecule has 0 bridgehead atoms. The monoisotopic (exact) mass is 351 g/mol. The van der Waals surface area contributed by atoms with Crippen molar-refractivity contribution >= 4 is 23.3 Å². The first kappa shape index (κ1) is 18.2. The lowest BCUT2D eigenvalue weighted by atomic mass is 10.2. The Bertz CT molecular complexity index is 745. The molecule has 2 N–H and O–H groups in total. The first-order valence-corrected chi connectivity index (χ1v) is 7.24. The van der Waals surface area contributed by atoms with Crippen LogP contribution in [0.1, 0.15) is 0 Å². The molecule has 25 heavy (non-hydrogen) atoms. The lowest BCUT2D eigenvalue weighted by Gasteiger charge is -2.15. The SMILES string of the molecule is COC(=O)C1=C(Nc2ccc(OC)cc2[N+](=O)[O-])C(=O)N(CCO)C1. The van der Waals surface area contributed by atoms with Gasteiger partial charge in [0.2, 0.25) is 0 Å². The van der Waals surface area contributed by atoms with E-state index in [9.17, 15) is 19.7 Å². The molecule has 0 spiro atoms. The first-order valence-electron chi connectivity index (χ1n) is 7.24. The number of rotatable bonds is 7. The summed E-state index contributed by atoms with van der Waals surface area (Å²) in [7, 11) is 2.54. The van der Waals surface area contributed by atoms with Crippen LogP contribution < -0.4 is 10.1 Å². The number of aliphatic hydroxyl groups excluding tert-OH is 1. The third-order valence-electron chi connectivity index (χ3n) is 3.61. The van der Waals surface area contributed by atoms with E-state index < -0.39 is 16.8 Å². The molecule has 0 saturated carbocycles. The largest absolute Gasteiger partial charge is 0.496 e. The number of ether oxygens (including phenoxy) is 2. The number of esters is 1. The van der Waals surface area contributed by atoms with Gasteiger partial charge in [0.1, 0.15) is 17.1 Å². The van der Waals surface area contributed by atoms with Gasteiger partial charge in [0.15, 0.2) is 0 Å². The number of methoxy groups -OCH3 is 2. The highest BCUT2D eigenvalue weighted by Crippen LogP contribution is 2.32. The van der Waals surface area contributed by atoms with E-state index in [0.29, 0.717) is 0 Å². The average molecular weight is 351 g/mol. The first-order chi connectivity index (χ1) is 11.9. The van der Waals surface area contributed by atoms with Gasteiger partial charge in [-0.15, -0.1) is 0 Å². The van der Waals surface area contributed by atoms with Crippen LogP contribution >= 0.6 is 0 Å². The number of hydrogen-bond acceptors (Lipinski definition) is 8. The van der Waals surface area contributed by atoms with Gasteiger partial charge in [-0.05, 0) is 12.1 Å². The number of nitrogens with one attached hydrogen (secondary N) is 1. The minimum Gasteiger partial charge on any atom is -0.496 e. The van der Waals surface area contributed by atoms with Crippen molar-refractivity contribution in [2.45, 2.75) is 0 Å². The molecule has 0 unspecified atom stereocenters. The van der Waals surface area contributed by atoms with E-state index in [-0.39, 0.29) is 48.1 Å². The molecule has 134 valence electrons. The van der Waals surface area contributed by atoms with Gasteiger partial charge in [-0.1, -0.05) is 0 Å². The average Bonchev–Trinajstić information content (AvgIpc) is 2.91. The maximum absolute atomic E-state index is 12.4. The van der Waals surface area contributed by atoms with Gasteiger partial charge in [-0.2, -0.15) is 0 Å². The molecule has 1 aromatic carbocycles. The number of nitro benzene ring substituents is 1. The number of β-amino-alcohol motifs (C(OH)–C–C–N with tert-alkyl or cyclic N) is 1. The number of aliphatic hydroxyl groups is 1. The summed E-state index contributed by atoms with van der Waals surface area (Å²) < 4.78 is 9.61. The fraction of sp³-hybridized carbons (Fsp3) is 0.333. The predicted molar refractivity (Wildman–Crippen MR) is 86.0 cm³/mol. The van der Waals surface area contributed by atoms with E-state index in [0.717, 1.165) is 0 Å². The maximum Gasteiger partial charge on any atom is 0.337 e. The molecule has 0 aromatic heterocycles. The van der Waals surface area contributed by atoms with E-state index in [4.69, 9.17) is 9.84 Å². The standard InChI is InChI=1S/C15H17N3O7/c1-24-9-3-4-11(12(7-9)18(22)23)16-13-10(15(21)25-2)8-17(5-6-19)14(13)20/h3-4,7,16,19H,5-6,8H2,1-2H3. The van der Waals surface area contributed by atoms with Crippen molar-refractivity contribution in [2.24, 2.45) is 0 Å². The molecular weight excluding hydrogens is 334 g/mol. The third kappa shape index (κ3) is 3.69. The molecule has 0 fully saturated rings. The summed E-state index contributed by atoms with van der Waals surface area (Å²) in [5.74, 6) is -1.01. The fourth-order valence-corrected chi connectivity index (χ4v) is 2.38. The van der Waals surface area contributed by atoms with Crippen molar-refractivity contribution in [1.29, 1.82) is 0 Å². The highest BCUT2D eigenvalue weighted by atomic mass is 16.6. The molecule has 0 atom stereocenters. The molecular formula is C15H17N3O7. The number of amides is 1. The highest BCUT2D eigenvalue weighted by Gasteiger charge is 2.35. The van der Waals surface area contributed by atoms with Crippen LogP contribution in [0.2, 0.25) is 0 Å². The fourth-order valence-electron chi connectivity index (χ4n) is 2.38. The zero-order valence-electron chi connectivity index (χ0n) is 13.6. The van der Waals surface area contributed by atoms with Crippen molar-refractivity contribution in [3.8, 4) is 5.75 Å². The third-order valence-corrected chi connectivity index (χ3v) is 3.61. The predicted octanol–water partition coefficient (Wildman–Crippen LogP) is 0.277. The lowest BCUT2D eigenvalue weighted by molar-refractivity contribution is -0.384. The summed E-state index contributed by atoms with van der Waals surface area (Å²) >= 11 is 0. The van der Waals surface area contributed by atoms with Crippen molar-refractivity contribution in [1.82, 2.24) is 4.90 Å². The van der Waals surface area contributed by atoms with Crippen LogP contribution in [0, 0.1) is 10.1 Å². The van der Waals surface area contributed by atoms with Crippen molar-refractivity contribution in [3.05, 3.63) is 39.6 Å². The molecule has 1 heterocycles. The summed E-state index contributed by atoms with van der Waals surface area (Å²) in [6.07, 6.45) is 0. The summed E-state index contributed by atoms with van der Waals surface area (Å²) in [5, 5.41) is 22.9. The molecule has 10 nitrogen and oxygen atoms in total. The number of nitrogens with zero attached hydrogens (tertiary/aromatic N) is 2. The lowest BCUT2D eigenvalue weighted by Crippen LogP contribution is -2.31. The van der Waals surface area contributed by atoms with Gasteiger partial charge < -0.3 is 24.8 Å². The van der Waals surface area contributed by atoms with E-state index in [1.807, 2.05) is 0 Å². The summed E-state index contributed by atoms with van der Waals surface area (Å²) in [6.45, 7) is -0.316. The van der Waals surface area contributed by atoms with Crippen LogP contribution in [-0.2, 0) is 14.3 Å². The second-order valence-corrected chi connectivity index (χ2v) is 5.06. The second-order valence-electron chi connectivity index (χ2n) is 5.06. The van der Waals surface area contributed by atoms with Crippen LogP contribution in [0.3, 0.4) is 0 Å². The number of carbonyl (C=O) groups excluding carboxylic acids is 2. The number of nitro groups is 1. The highest BCUT2D eigenvalue weighted by molar-refractivity contribution is 6.08. The molecule has 1 aromatic rings. The van der Waals surface area contributed by atoms with Crippen LogP contribution in [-0.4, -0.2) is 60.7 Å². The van der Waals surface area contributed by atoms with E-state index in [1.165, 1.54) is 37.3 Å². The Morgan fingerprint density at radius 3 is 2.72 bits per heavy atom. The molecule has 2 rings (SSSR count). The van der Waals surface area contributed by atoms with Crippen LogP contribution in [0.4, 0.5) is 11.4 Å². The van der Waals surface area contributed by atoms with Crippen molar-refractivity contribution in [3.63, 3.8) is 0 Å². The summed E-state index contributed by atoms with van der Waals surface area (Å²) in [6, 6.07) is 4.06. The summed E-state index contributed by atoms with van der Waals surface area (Å²) in [4.78, 5) is 36.2. The number of benzene rings is 1. The Balaban J connectivity index is 2.43. The Morgan fingerprint density at radius 2 is 2.16 bits per heavy atom. The smallest absolute Gasteiger partial charge is 0.337 e. The normalized spacial score (nSPS) is 13.9. The van der Waals surface area contributed by atoms with Gasteiger partial charge in [-0.25, -0.2) is 4.79 Å². The quantitative estimate of drug-likeness (QED) is 0.407. The minimum atomic E-state index is -0.729. The maximum atomic E-state index is 12.4. The van der Waals surface area contributed by atoms with Gasteiger partial charge in [0.25, 0.3) is 11.6 Å². The molecule has 0 radical (unpaired) electrons. The topological polar surface area (TPSA) is 131 Å². The van der Waals surface area contributed by atoms with Crippen molar-refractivity contribution in [2.75, 3.05) is 39.2 Å². The minimum absolute atomic E-state index is 0.0230. The number of carbonyl (C=O) groups is 2. The van der Waals surface area contributed by atoms with Gasteiger partial charge in [0, 0.05) is 6.54 Å². The molecule has 1 aliphatic heterocycles. The number of anilines is 1. The zero-order valence-corrected chi connectivity index (χ0v) is 13.6. The zero-order chi connectivity index (χ0) is 18.6. The van der Waals surface area contributed by atoms with E-state index in [1.54, 1.807) is 0 Å². The van der Waals surface area contributed by atoms with Crippen molar-refractivity contribution < 1.29 is 29.1 Å². The molecule has 1 aliphatic rings. The Kier molecular flexibility index (Phi) is 5.55. The van der Waals surface area contributed by atoms with Crippen LogP contribution in [0.25, 0.3) is 0 Å². The Morgan fingerprint density at radius 1 is 1.44 bits per heavy atom. The number of hydrogen-bond donors (Lipinski definition) is 2. The van der Waals surface area contributed by atoms with Crippen LogP contribution in [0.15, 0.2) is 29.5 Å². The van der Waals surface area contributed by atoms with Gasteiger partial charge >= 0.3 is 5.97 Å². The van der Waals surface area contributed by atoms with E-state index in [2.05, 4.69) is 10.1 Å². The molecule has 1 amide bonds.